The second-order valence-corrected chi connectivity index (χ2v) is 10.1. The number of oxazole rings is 1. The summed E-state index contributed by atoms with van der Waals surface area (Å²) in [5.41, 5.74) is -0.910. The largest absolute Gasteiger partial charge is 0.484 e. The van der Waals surface area contributed by atoms with Gasteiger partial charge in [-0.2, -0.15) is 18.2 Å². The van der Waals surface area contributed by atoms with Crippen LogP contribution in [0.1, 0.15) is 49.4 Å². The van der Waals surface area contributed by atoms with Crippen LogP contribution in [0.15, 0.2) is 16.5 Å². The average molecular weight is 532 g/mol. The van der Waals surface area contributed by atoms with Crippen LogP contribution in [0.25, 0.3) is 0 Å². The SMILES string of the molecule is COCCN(CC(C)C)c1nc(C(=O)Nc2cc(F)c(OC3CC4CC4C3)c(F)c2)c(CC(F)(F)F)o1. The van der Waals surface area contributed by atoms with Crippen molar-refractivity contribution in [1.29, 1.82) is 0 Å². The maximum absolute atomic E-state index is 14.7. The van der Waals surface area contributed by atoms with Crippen LogP contribution in [-0.2, 0) is 11.2 Å². The van der Waals surface area contributed by atoms with Gasteiger partial charge in [0.25, 0.3) is 11.9 Å². The van der Waals surface area contributed by atoms with Crippen molar-refractivity contribution < 1.29 is 40.6 Å². The molecule has 2 aliphatic rings. The molecule has 2 unspecified atom stereocenters. The summed E-state index contributed by atoms with van der Waals surface area (Å²) in [6.07, 6.45) is -3.87. The topological polar surface area (TPSA) is 76.8 Å². The number of hydrogen-bond acceptors (Lipinski definition) is 6. The Morgan fingerprint density at radius 2 is 1.84 bits per heavy atom. The van der Waals surface area contributed by atoms with E-state index in [1.54, 1.807) is 4.90 Å². The van der Waals surface area contributed by atoms with Gasteiger partial charge in [-0.25, -0.2) is 8.78 Å². The van der Waals surface area contributed by atoms with Crippen LogP contribution in [-0.4, -0.2) is 50.0 Å². The molecule has 1 aromatic heterocycles. The monoisotopic (exact) mass is 531 g/mol. The fourth-order valence-corrected chi connectivity index (χ4v) is 4.72. The zero-order chi connectivity index (χ0) is 26.9. The molecule has 4 rings (SSSR count). The van der Waals surface area contributed by atoms with Crippen molar-refractivity contribution in [2.45, 2.75) is 51.8 Å². The Kier molecular flexibility index (Phi) is 7.96. The third-order valence-corrected chi connectivity index (χ3v) is 6.42. The normalized spacial score (nSPS) is 20.7. The number of hydrogen-bond donors (Lipinski definition) is 1. The first kappa shape index (κ1) is 27.2. The van der Waals surface area contributed by atoms with E-state index in [4.69, 9.17) is 13.9 Å². The molecule has 2 saturated carbocycles. The first-order chi connectivity index (χ1) is 17.4. The molecule has 0 aliphatic heterocycles. The van der Waals surface area contributed by atoms with Crippen molar-refractivity contribution in [3.63, 3.8) is 0 Å². The number of anilines is 2. The minimum atomic E-state index is -4.68. The van der Waals surface area contributed by atoms with Crippen LogP contribution in [0.5, 0.6) is 5.75 Å². The van der Waals surface area contributed by atoms with Crippen molar-refractivity contribution in [3.05, 3.63) is 35.2 Å². The summed E-state index contributed by atoms with van der Waals surface area (Å²) in [5.74, 6) is -3.15. The van der Waals surface area contributed by atoms with Crippen molar-refractivity contribution in [2.24, 2.45) is 17.8 Å². The highest BCUT2D eigenvalue weighted by Crippen LogP contribution is 2.52. The van der Waals surface area contributed by atoms with Crippen LogP contribution in [0.2, 0.25) is 0 Å². The molecule has 0 saturated heterocycles. The fourth-order valence-electron chi connectivity index (χ4n) is 4.72. The summed E-state index contributed by atoms with van der Waals surface area (Å²) in [6, 6.07) is 1.55. The summed E-state index contributed by atoms with van der Waals surface area (Å²) in [6.45, 7) is 4.71. The molecule has 2 fully saturated rings. The highest BCUT2D eigenvalue weighted by atomic mass is 19.4. The Balaban J connectivity index is 1.54. The summed E-state index contributed by atoms with van der Waals surface area (Å²) in [5, 5.41) is 2.23. The van der Waals surface area contributed by atoms with E-state index in [-0.39, 0.29) is 36.9 Å². The second kappa shape index (κ2) is 10.8. The van der Waals surface area contributed by atoms with E-state index in [0.29, 0.717) is 18.4 Å². The van der Waals surface area contributed by atoms with Crippen molar-refractivity contribution in [3.8, 4) is 5.75 Å². The molecule has 0 bridgehead atoms. The number of fused-ring (bicyclic) bond motifs is 1. The van der Waals surface area contributed by atoms with Gasteiger partial charge in [0, 0.05) is 38.0 Å². The molecule has 0 radical (unpaired) electrons. The minimum absolute atomic E-state index is 0.105. The number of ether oxygens (including phenoxy) is 2. The highest BCUT2D eigenvalue weighted by Gasteiger charge is 2.47. The van der Waals surface area contributed by atoms with Gasteiger partial charge in [-0.05, 0) is 37.0 Å². The molecule has 2 aromatic rings. The van der Waals surface area contributed by atoms with E-state index in [1.807, 2.05) is 13.8 Å². The number of amides is 1. The maximum atomic E-state index is 14.7. The lowest BCUT2D eigenvalue weighted by atomic mass is 10.2. The number of rotatable bonds is 11. The van der Waals surface area contributed by atoms with E-state index in [0.717, 1.165) is 31.4 Å². The Hall–Kier alpha value is -2.89. The van der Waals surface area contributed by atoms with E-state index in [9.17, 15) is 26.7 Å². The van der Waals surface area contributed by atoms with E-state index >= 15 is 0 Å². The lowest BCUT2D eigenvalue weighted by Crippen LogP contribution is -2.31. The number of alkyl halides is 3. The minimum Gasteiger partial charge on any atom is -0.484 e. The number of carbonyl (C=O) groups is 1. The molecule has 2 atom stereocenters. The lowest BCUT2D eigenvalue weighted by Gasteiger charge is -2.22. The van der Waals surface area contributed by atoms with Gasteiger partial charge in [-0.3, -0.25) is 4.79 Å². The predicted molar refractivity (Wildman–Crippen MR) is 125 cm³/mol. The van der Waals surface area contributed by atoms with Crippen LogP contribution in [0, 0.1) is 29.4 Å². The Morgan fingerprint density at radius 1 is 1.19 bits per heavy atom. The van der Waals surface area contributed by atoms with E-state index in [2.05, 4.69) is 10.3 Å². The average Bonchev–Trinajstić information content (AvgIpc) is 3.19. The molecule has 7 nitrogen and oxygen atoms in total. The second-order valence-electron chi connectivity index (χ2n) is 10.1. The van der Waals surface area contributed by atoms with Gasteiger partial charge in [-0.1, -0.05) is 13.8 Å². The van der Waals surface area contributed by atoms with Crippen LogP contribution in [0.4, 0.5) is 33.7 Å². The summed E-state index contributed by atoms with van der Waals surface area (Å²) < 4.78 is 84.9. The number of halogens is 5. The third-order valence-electron chi connectivity index (χ3n) is 6.42. The molecule has 12 heteroatoms. The van der Waals surface area contributed by atoms with Gasteiger partial charge >= 0.3 is 6.18 Å². The summed E-state index contributed by atoms with van der Waals surface area (Å²) >= 11 is 0. The summed E-state index contributed by atoms with van der Waals surface area (Å²) in [7, 11) is 1.47. The Morgan fingerprint density at radius 3 is 2.41 bits per heavy atom. The van der Waals surface area contributed by atoms with Crippen molar-refractivity contribution in [1.82, 2.24) is 4.98 Å². The molecule has 204 valence electrons. The Labute approximate surface area is 211 Å². The zero-order valence-corrected chi connectivity index (χ0v) is 20.8. The lowest BCUT2D eigenvalue weighted by molar-refractivity contribution is -0.130. The molecule has 37 heavy (non-hydrogen) atoms. The fraction of sp³-hybridized carbons (Fsp3) is 0.600. The van der Waals surface area contributed by atoms with Crippen LogP contribution >= 0.6 is 0 Å². The number of nitrogens with one attached hydrogen (secondary N) is 1. The third kappa shape index (κ3) is 6.91. The molecule has 0 spiro atoms. The zero-order valence-electron chi connectivity index (χ0n) is 20.8. The summed E-state index contributed by atoms with van der Waals surface area (Å²) in [4.78, 5) is 18.5. The molecule has 1 aromatic carbocycles. The van der Waals surface area contributed by atoms with Crippen LogP contribution in [0.3, 0.4) is 0 Å². The van der Waals surface area contributed by atoms with Gasteiger partial charge in [0.15, 0.2) is 23.1 Å². The van der Waals surface area contributed by atoms with E-state index < -0.39 is 47.3 Å². The number of methoxy groups -OCH3 is 1. The molecule has 1 N–H and O–H groups in total. The Bertz CT molecular complexity index is 1090. The van der Waals surface area contributed by atoms with E-state index in [1.165, 1.54) is 7.11 Å². The number of benzene rings is 1. The number of carbonyl (C=O) groups excluding carboxylic acids is 1. The standard InChI is InChI=1S/C25H30F5N3O4/c1-13(2)12-33(4-5-35-3)24-32-21(20(37-24)11-25(28,29)30)23(34)31-16-9-18(26)22(19(27)10-16)36-17-7-14-6-15(14)8-17/h9-10,13-15,17H,4-8,11-12H2,1-3H3,(H,31,34). The first-order valence-electron chi connectivity index (χ1n) is 12.2. The molecular weight excluding hydrogens is 501 g/mol. The van der Waals surface area contributed by atoms with Crippen molar-refractivity contribution >= 4 is 17.6 Å². The van der Waals surface area contributed by atoms with Gasteiger partial charge in [0.2, 0.25) is 0 Å². The van der Waals surface area contributed by atoms with Gasteiger partial charge in [0.05, 0.1) is 12.7 Å². The van der Waals surface area contributed by atoms with Gasteiger partial charge in [0.1, 0.15) is 12.2 Å². The molecular formula is C25H30F5N3O4. The van der Waals surface area contributed by atoms with Crippen LogP contribution < -0.4 is 15.0 Å². The van der Waals surface area contributed by atoms with Gasteiger partial charge < -0.3 is 24.1 Å². The smallest absolute Gasteiger partial charge is 0.396 e. The quantitative estimate of drug-likeness (QED) is 0.381. The predicted octanol–water partition coefficient (Wildman–Crippen LogP) is 5.60. The molecule has 1 amide bonds. The maximum Gasteiger partial charge on any atom is 0.396 e. The molecule has 2 aliphatic carbocycles. The number of nitrogens with zero attached hydrogens (tertiary/aromatic N) is 2. The number of aromatic nitrogens is 1. The van der Waals surface area contributed by atoms with Gasteiger partial charge in [-0.15, -0.1) is 0 Å². The first-order valence-corrected chi connectivity index (χ1v) is 12.2. The molecule has 1 heterocycles. The van der Waals surface area contributed by atoms with Crippen molar-refractivity contribution in [2.75, 3.05) is 37.0 Å². The highest BCUT2D eigenvalue weighted by molar-refractivity contribution is 6.03.